The van der Waals surface area contributed by atoms with Crippen molar-refractivity contribution in [2.45, 2.75) is 55.5 Å². The molecule has 21 heavy (non-hydrogen) atoms. The van der Waals surface area contributed by atoms with Crippen LogP contribution in [-0.2, 0) is 11.8 Å². The van der Waals surface area contributed by atoms with E-state index >= 15 is 0 Å². The van der Waals surface area contributed by atoms with E-state index in [4.69, 9.17) is 5.73 Å². The van der Waals surface area contributed by atoms with Crippen LogP contribution in [0.2, 0.25) is 0 Å². The van der Waals surface area contributed by atoms with Crippen LogP contribution in [0.25, 0.3) is 0 Å². The molecule has 112 valence electrons. The summed E-state index contributed by atoms with van der Waals surface area (Å²) in [6, 6.07) is 13.0. The molecule has 2 N–H and O–H groups in total. The topological polar surface area (TPSA) is 38.9 Å². The molecule has 0 amide bonds. The Morgan fingerprint density at radius 3 is 2.38 bits per heavy atom. The van der Waals surface area contributed by atoms with Crippen LogP contribution in [0.4, 0.5) is 0 Å². The van der Waals surface area contributed by atoms with Gasteiger partial charge in [-0.05, 0) is 48.1 Å². The minimum Gasteiger partial charge on any atom is -0.328 e. The van der Waals surface area contributed by atoms with Crippen LogP contribution >= 0.6 is 11.8 Å². The second kappa shape index (κ2) is 6.63. The van der Waals surface area contributed by atoms with Gasteiger partial charge < -0.3 is 5.73 Å². The van der Waals surface area contributed by atoms with Crippen LogP contribution in [0.3, 0.4) is 0 Å². The fourth-order valence-electron chi connectivity index (χ4n) is 2.15. The SMILES string of the molecule is CC(N)Cc1cccnc1Sc1ccc(C(C)(C)C)cc1. The van der Waals surface area contributed by atoms with Gasteiger partial charge in [0.25, 0.3) is 0 Å². The van der Waals surface area contributed by atoms with E-state index in [0.29, 0.717) is 0 Å². The summed E-state index contributed by atoms with van der Waals surface area (Å²) in [4.78, 5) is 5.72. The number of nitrogens with zero attached hydrogens (tertiary/aromatic N) is 1. The van der Waals surface area contributed by atoms with Crippen LogP contribution in [0, 0.1) is 0 Å². The predicted molar refractivity (Wildman–Crippen MR) is 90.9 cm³/mol. The first kappa shape index (κ1) is 16.1. The Bertz CT molecular complexity index is 583. The van der Waals surface area contributed by atoms with Gasteiger partial charge in [0.15, 0.2) is 0 Å². The van der Waals surface area contributed by atoms with E-state index in [0.717, 1.165) is 11.4 Å². The number of aromatic nitrogens is 1. The number of rotatable bonds is 4. The molecule has 0 spiro atoms. The van der Waals surface area contributed by atoms with Crippen molar-refractivity contribution < 1.29 is 0 Å². The third kappa shape index (κ3) is 4.58. The van der Waals surface area contributed by atoms with Crippen molar-refractivity contribution in [3.05, 3.63) is 53.7 Å². The van der Waals surface area contributed by atoms with Crippen molar-refractivity contribution in [3.63, 3.8) is 0 Å². The van der Waals surface area contributed by atoms with Crippen molar-refractivity contribution in [1.29, 1.82) is 0 Å². The van der Waals surface area contributed by atoms with Gasteiger partial charge in [-0.2, -0.15) is 0 Å². The average molecular weight is 300 g/mol. The quantitative estimate of drug-likeness (QED) is 0.908. The van der Waals surface area contributed by atoms with Crippen molar-refractivity contribution >= 4 is 11.8 Å². The second-order valence-electron chi connectivity index (χ2n) is 6.53. The second-order valence-corrected chi connectivity index (χ2v) is 7.59. The Hall–Kier alpha value is -1.32. The fraction of sp³-hybridized carbons (Fsp3) is 0.389. The van der Waals surface area contributed by atoms with Gasteiger partial charge in [0.1, 0.15) is 5.03 Å². The van der Waals surface area contributed by atoms with Gasteiger partial charge in [-0.25, -0.2) is 4.98 Å². The summed E-state index contributed by atoms with van der Waals surface area (Å²) in [5.41, 5.74) is 8.68. The van der Waals surface area contributed by atoms with E-state index < -0.39 is 0 Å². The highest BCUT2D eigenvalue weighted by molar-refractivity contribution is 7.99. The van der Waals surface area contributed by atoms with Gasteiger partial charge in [-0.3, -0.25) is 0 Å². The minimum absolute atomic E-state index is 0.150. The number of benzene rings is 1. The van der Waals surface area contributed by atoms with E-state index in [1.165, 1.54) is 16.0 Å². The number of hydrogen-bond donors (Lipinski definition) is 1. The maximum atomic E-state index is 5.92. The molecule has 0 aliphatic carbocycles. The molecule has 0 saturated heterocycles. The third-order valence-corrected chi connectivity index (χ3v) is 4.40. The van der Waals surface area contributed by atoms with Crippen LogP contribution in [0.15, 0.2) is 52.5 Å². The highest BCUT2D eigenvalue weighted by Gasteiger charge is 2.13. The lowest BCUT2D eigenvalue weighted by molar-refractivity contribution is 0.590. The Morgan fingerprint density at radius 2 is 1.81 bits per heavy atom. The fourth-order valence-corrected chi connectivity index (χ4v) is 3.04. The first-order valence-corrected chi connectivity index (χ1v) is 8.16. The molecule has 1 heterocycles. The van der Waals surface area contributed by atoms with Crippen molar-refractivity contribution in [2.24, 2.45) is 5.73 Å². The maximum absolute atomic E-state index is 5.92. The first-order chi connectivity index (χ1) is 9.86. The van der Waals surface area contributed by atoms with Crippen molar-refractivity contribution in [1.82, 2.24) is 4.98 Å². The van der Waals surface area contributed by atoms with Gasteiger partial charge in [0, 0.05) is 17.1 Å². The molecule has 0 aliphatic rings. The van der Waals surface area contributed by atoms with Crippen molar-refractivity contribution in [2.75, 3.05) is 0 Å². The Kier molecular flexibility index (Phi) is 5.07. The zero-order valence-corrected chi connectivity index (χ0v) is 14.1. The van der Waals surface area contributed by atoms with E-state index in [1.54, 1.807) is 11.8 Å². The molecule has 2 nitrogen and oxygen atoms in total. The summed E-state index contributed by atoms with van der Waals surface area (Å²) in [5.74, 6) is 0. The number of pyridine rings is 1. The number of nitrogens with two attached hydrogens (primary N) is 1. The highest BCUT2D eigenvalue weighted by atomic mass is 32.2. The lowest BCUT2D eigenvalue weighted by atomic mass is 9.87. The smallest absolute Gasteiger partial charge is 0.104 e. The summed E-state index contributed by atoms with van der Waals surface area (Å²) in [6.07, 6.45) is 2.70. The molecule has 2 aromatic rings. The summed E-state index contributed by atoms with van der Waals surface area (Å²) in [5, 5.41) is 1.05. The maximum Gasteiger partial charge on any atom is 0.104 e. The van der Waals surface area contributed by atoms with Gasteiger partial charge in [-0.1, -0.05) is 50.7 Å². The number of hydrogen-bond acceptors (Lipinski definition) is 3. The first-order valence-electron chi connectivity index (χ1n) is 7.34. The molecule has 1 aromatic heterocycles. The third-order valence-electron chi connectivity index (χ3n) is 3.33. The minimum atomic E-state index is 0.150. The summed E-state index contributed by atoms with van der Waals surface area (Å²) in [7, 11) is 0. The lowest BCUT2D eigenvalue weighted by Gasteiger charge is -2.19. The molecule has 2 rings (SSSR count). The van der Waals surface area contributed by atoms with Gasteiger partial charge in [-0.15, -0.1) is 0 Å². The lowest BCUT2D eigenvalue weighted by Crippen LogP contribution is -2.18. The predicted octanol–water partition coefficient (Wildman–Crippen LogP) is 4.42. The molecule has 1 unspecified atom stereocenters. The summed E-state index contributed by atoms with van der Waals surface area (Å²) >= 11 is 1.71. The molecule has 0 radical (unpaired) electrons. The van der Waals surface area contributed by atoms with Gasteiger partial charge in [0.05, 0.1) is 0 Å². The van der Waals surface area contributed by atoms with Crippen LogP contribution in [0.1, 0.15) is 38.8 Å². The van der Waals surface area contributed by atoms with Crippen LogP contribution < -0.4 is 5.73 Å². The summed E-state index contributed by atoms with van der Waals surface area (Å²) in [6.45, 7) is 8.72. The molecular weight excluding hydrogens is 276 g/mol. The Balaban J connectivity index is 2.19. The van der Waals surface area contributed by atoms with E-state index in [9.17, 15) is 0 Å². The standard InChI is InChI=1S/C18H24N2S/c1-13(19)12-14-6-5-11-20-17(14)21-16-9-7-15(8-10-16)18(2,3)4/h5-11,13H,12,19H2,1-4H3. The van der Waals surface area contributed by atoms with E-state index in [2.05, 4.69) is 56.1 Å². The average Bonchev–Trinajstić information content (AvgIpc) is 2.40. The van der Waals surface area contributed by atoms with Crippen LogP contribution in [-0.4, -0.2) is 11.0 Å². The van der Waals surface area contributed by atoms with Crippen molar-refractivity contribution in [3.8, 4) is 0 Å². The highest BCUT2D eigenvalue weighted by Crippen LogP contribution is 2.31. The molecule has 0 bridgehead atoms. The van der Waals surface area contributed by atoms with E-state index in [1.807, 2.05) is 19.2 Å². The van der Waals surface area contributed by atoms with E-state index in [-0.39, 0.29) is 11.5 Å². The molecule has 1 atom stereocenters. The largest absolute Gasteiger partial charge is 0.328 e. The molecule has 3 heteroatoms. The molecule has 0 fully saturated rings. The molecule has 1 aromatic carbocycles. The zero-order valence-electron chi connectivity index (χ0n) is 13.3. The monoisotopic (exact) mass is 300 g/mol. The molecule has 0 saturated carbocycles. The zero-order chi connectivity index (χ0) is 15.5. The van der Waals surface area contributed by atoms with Gasteiger partial charge in [0.2, 0.25) is 0 Å². The van der Waals surface area contributed by atoms with Gasteiger partial charge >= 0.3 is 0 Å². The Labute approximate surface area is 132 Å². The molecule has 0 aliphatic heterocycles. The van der Waals surface area contributed by atoms with Crippen LogP contribution in [0.5, 0.6) is 0 Å². The normalized spacial score (nSPS) is 13.2. The molecular formula is C18H24N2S. The summed E-state index contributed by atoms with van der Waals surface area (Å²) < 4.78 is 0. The Morgan fingerprint density at radius 1 is 1.14 bits per heavy atom.